The van der Waals surface area contributed by atoms with Crippen LogP contribution in [0.3, 0.4) is 0 Å². The van der Waals surface area contributed by atoms with Crippen LogP contribution < -0.4 is 5.32 Å². The van der Waals surface area contributed by atoms with Crippen molar-refractivity contribution in [3.63, 3.8) is 0 Å². The molecule has 0 aromatic rings. The summed E-state index contributed by atoms with van der Waals surface area (Å²) in [6, 6.07) is -0.670. The van der Waals surface area contributed by atoms with Gasteiger partial charge in [0.05, 0.1) is 0 Å². The van der Waals surface area contributed by atoms with E-state index in [0.717, 1.165) is 38.5 Å². The molecule has 0 aromatic heterocycles. The third-order valence-corrected chi connectivity index (χ3v) is 3.86. The van der Waals surface area contributed by atoms with E-state index in [2.05, 4.69) is 5.32 Å². The molecule has 1 atom stereocenters. The van der Waals surface area contributed by atoms with E-state index in [1.54, 1.807) is 0 Å². The Labute approximate surface area is 102 Å². The number of amides is 1. The lowest BCUT2D eigenvalue weighted by atomic mass is 9.88. The van der Waals surface area contributed by atoms with Gasteiger partial charge in [-0.2, -0.15) is 0 Å². The summed E-state index contributed by atoms with van der Waals surface area (Å²) in [5, 5.41) is 11.8. The second kappa shape index (κ2) is 5.52. The second-order valence-electron chi connectivity index (χ2n) is 5.41. The molecule has 2 saturated carbocycles. The molecule has 0 aromatic carbocycles. The number of aliphatic carboxylic acids is 1. The van der Waals surface area contributed by atoms with Crippen molar-refractivity contribution < 1.29 is 14.7 Å². The average molecular weight is 239 g/mol. The lowest BCUT2D eigenvalue weighted by Gasteiger charge is -2.23. The van der Waals surface area contributed by atoms with E-state index in [0.29, 0.717) is 12.3 Å². The summed E-state index contributed by atoms with van der Waals surface area (Å²) in [7, 11) is 0. The normalized spacial score (nSPS) is 23.1. The lowest BCUT2D eigenvalue weighted by molar-refractivity contribution is -0.143. The first-order chi connectivity index (χ1) is 8.16. The van der Waals surface area contributed by atoms with Crippen LogP contribution in [0.4, 0.5) is 0 Å². The standard InChI is InChI=1S/C13H21NO3/c15-12(10-4-2-1-3-5-10)14-11(13(16)17)8-9-6-7-9/h9-11H,1-8H2,(H,14,15)(H,16,17). The summed E-state index contributed by atoms with van der Waals surface area (Å²) in [4.78, 5) is 23.0. The predicted octanol–water partition coefficient (Wildman–Crippen LogP) is 1.94. The fourth-order valence-corrected chi connectivity index (χ4v) is 2.56. The van der Waals surface area contributed by atoms with Gasteiger partial charge in [-0.05, 0) is 25.2 Å². The molecule has 2 fully saturated rings. The molecule has 2 aliphatic rings. The number of carboxylic acid groups (broad SMARTS) is 1. The second-order valence-corrected chi connectivity index (χ2v) is 5.41. The van der Waals surface area contributed by atoms with Crippen LogP contribution in [0.2, 0.25) is 0 Å². The number of hydrogen-bond acceptors (Lipinski definition) is 2. The molecule has 1 amide bonds. The van der Waals surface area contributed by atoms with E-state index >= 15 is 0 Å². The van der Waals surface area contributed by atoms with Crippen molar-refractivity contribution in [2.75, 3.05) is 0 Å². The van der Waals surface area contributed by atoms with E-state index in [4.69, 9.17) is 5.11 Å². The van der Waals surface area contributed by atoms with Gasteiger partial charge in [-0.1, -0.05) is 32.1 Å². The van der Waals surface area contributed by atoms with Crippen molar-refractivity contribution in [3.8, 4) is 0 Å². The summed E-state index contributed by atoms with van der Waals surface area (Å²) in [5.74, 6) is -0.369. The van der Waals surface area contributed by atoms with Crippen LogP contribution in [0.25, 0.3) is 0 Å². The first-order valence-electron chi connectivity index (χ1n) is 6.70. The van der Waals surface area contributed by atoms with Crippen LogP contribution in [0.15, 0.2) is 0 Å². The van der Waals surface area contributed by atoms with Crippen molar-refractivity contribution in [2.45, 2.75) is 57.4 Å². The maximum Gasteiger partial charge on any atom is 0.326 e. The Morgan fingerprint density at radius 3 is 2.29 bits per heavy atom. The first-order valence-corrected chi connectivity index (χ1v) is 6.70. The highest BCUT2D eigenvalue weighted by Crippen LogP contribution is 2.33. The van der Waals surface area contributed by atoms with Gasteiger partial charge in [-0.25, -0.2) is 4.79 Å². The lowest BCUT2D eigenvalue weighted by Crippen LogP contribution is -2.44. The van der Waals surface area contributed by atoms with Gasteiger partial charge in [0, 0.05) is 5.92 Å². The molecule has 0 radical (unpaired) electrons. The Hall–Kier alpha value is -1.06. The summed E-state index contributed by atoms with van der Waals surface area (Å²) >= 11 is 0. The minimum Gasteiger partial charge on any atom is -0.480 e. The number of nitrogens with one attached hydrogen (secondary N) is 1. The van der Waals surface area contributed by atoms with Gasteiger partial charge in [-0.15, -0.1) is 0 Å². The average Bonchev–Trinajstić information content (AvgIpc) is 3.13. The van der Waals surface area contributed by atoms with Crippen LogP contribution in [-0.2, 0) is 9.59 Å². The Bertz CT molecular complexity index is 293. The number of carbonyl (C=O) groups excluding carboxylic acids is 1. The van der Waals surface area contributed by atoms with Crippen molar-refractivity contribution in [1.82, 2.24) is 5.32 Å². The van der Waals surface area contributed by atoms with Crippen molar-refractivity contribution in [3.05, 3.63) is 0 Å². The monoisotopic (exact) mass is 239 g/mol. The Morgan fingerprint density at radius 1 is 1.12 bits per heavy atom. The van der Waals surface area contributed by atoms with Crippen molar-refractivity contribution in [1.29, 1.82) is 0 Å². The van der Waals surface area contributed by atoms with Crippen LogP contribution in [0.1, 0.15) is 51.4 Å². The fraction of sp³-hybridized carbons (Fsp3) is 0.846. The number of rotatable bonds is 5. The van der Waals surface area contributed by atoms with Gasteiger partial charge in [0.25, 0.3) is 0 Å². The molecular formula is C13H21NO3. The maximum absolute atomic E-state index is 11.9. The number of carbonyl (C=O) groups is 2. The molecular weight excluding hydrogens is 218 g/mol. The quantitative estimate of drug-likeness (QED) is 0.770. The number of carboxylic acids is 1. The van der Waals surface area contributed by atoms with Crippen LogP contribution in [0, 0.1) is 11.8 Å². The highest BCUT2D eigenvalue weighted by Gasteiger charge is 2.31. The minimum atomic E-state index is -0.888. The van der Waals surface area contributed by atoms with E-state index in [1.807, 2.05) is 0 Å². The summed E-state index contributed by atoms with van der Waals surface area (Å²) in [6.07, 6.45) is 8.06. The van der Waals surface area contributed by atoms with Gasteiger partial charge in [-0.3, -0.25) is 4.79 Å². The third-order valence-electron chi connectivity index (χ3n) is 3.86. The molecule has 2 N–H and O–H groups in total. The minimum absolute atomic E-state index is 0.0437. The van der Waals surface area contributed by atoms with Crippen molar-refractivity contribution >= 4 is 11.9 Å². The number of hydrogen-bond donors (Lipinski definition) is 2. The molecule has 2 rings (SSSR count). The zero-order valence-electron chi connectivity index (χ0n) is 10.2. The molecule has 0 spiro atoms. The van der Waals surface area contributed by atoms with Crippen LogP contribution in [0.5, 0.6) is 0 Å². The SMILES string of the molecule is O=C(NC(CC1CC1)C(=O)O)C1CCCCC1. The molecule has 0 aliphatic heterocycles. The molecule has 96 valence electrons. The van der Waals surface area contributed by atoms with Crippen molar-refractivity contribution in [2.24, 2.45) is 11.8 Å². The highest BCUT2D eigenvalue weighted by atomic mass is 16.4. The summed E-state index contributed by atoms with van der Waals surface area (Å²) in [6.45, 7) is 0. The van der Waals surface area contributed by atoms with E-state index in [-0.39, 0.29) is 11.8 Å². The topological polar surface area (TPSA) is 66.4 Å². The Morgan fingerprint density at radius 2 is 1.76 bits per heavy atom. The summed E-state index contributed by atoms with van der Waals surface area (Å²) < 4.78 is 0. The Kier molecular flexibility index (Phi) is 4.02. The van der Waals surface area contributed by atoms with E-state index < -0.39 is 12.0 Å². The van der Waals surface area contributed by atoms with Gasteiger partial charge >= 0.3 is 5.97 Å². The molecule has 4 heteroatoms. The molecule has 17 heavy (non-hydrogen) atoms. The van der Waals surface area contributed by atoms with Crippen LogP contribution in [-0.4, -0.2) is 23.0 Å². The summed E-state index contributed by atoms with van der Waals surface area (Å²) in [5.41, 5.74) is 0. The molecule has 1 unspecified atom stereocenters. The molecule has 0 bridgehead atoms. The Balaban J connectivity index is 1.82. The van der Waals surface area contributed by atoms with Gasteiger partial charge in [0.1, 0.15) is 6.04 Å². The molecule has 4 nitrogen and oxygen atoms in total. The molecule has 0 heterocycles. The zero-order valence-corrected chi connectivity index (χ0v) is 10.2. The predicted molar refractivity (Wildman–Crippen MR) is 63.5 cm³/mol. The first kappa shape index (κ1) is 12.4. The van der Waals surface area contributed by atoms with E-state index in [9.17, 15) is 9.59 Å². The largest absolute Gasteiger partial charge is 0.480 e. The van der Waals surface area contributed by atoms with Gasteiger partial charge in [0.2, 0.25) is 5.91 Å². The zero-order chi connectivity index (χ0) is 12.3. The smallest absolute Gasteiger partial charge is 0.326 e. The van der Waals surface area contributed by atoms with Gasteiger partial charge in [0.15, 0.2) is 0 Å². The van der Waals surface area contributed by atoms with E-state index in [1.165, 1.54) is 6.42 Å². The molecule has 2 aliphatic carbocycles. The van der Waals surface area contributed by atoms with Gasteiger partial charge < -0.3 is 10.4 Å². The molecule has 0 saturated heterocycles. The maximum atomic E-state index is 11.9. The van der Waals surface area contributed by atoms with Crippen LogP contribution >= 0.6 is 0 Å². The third kappa shape index (κ3) is 3.72. The highest BCUT2D eigenvalue weighted by molar-refractivity contribution is 5.85. The fourth-order valence-electron chi connectivity index (χ4n) is 2.56.